The van der Waals surface area contributed by atoms with E-state index in [1.54, 1.807) is 0 Å². The van der Waals surface area contributed by atoms with E-state index in [-0.39, 0.29) is 73.6 Å². The molecule has 0 aliphatic rings. The van der Waals surface area contributed by atoms with E-state index in [0.717, 1.165) is 0 Å². The third-order valence-corrected chi connectivity index (χ3v) is 0. The second kappa shape index (κ2) is 25.0. The molecule has 0 aromatic rings. The fraction of sp³-hybridized carbons (Fsp3) is 0. The van der Waals surface area contributed by atoms with Gasteiger partial charge in [-0.3, -0.25) is 0 Å². The van der Waals surface area contributed by atoms with Crippen LogP contribution in [0, 0.1) is 0 Å². The summed E-state index contributed by atoms with van der Waals surface area (Å²) < 4.78 is 0. The zero-order chi connectivity index (χ0) is 2.00. The molecule has 0 aliphatic carbocycles. The van der Waals surface area contributed by atoms with Crippen LogP contribution in [0.4, 0.5) is 0 Å². The Morgan fingerprint density at radius 1 is 1.20 bits per heavy atom. The van der Waals surface area contributed by atoms with Crippen LogP contribution in [-0.2, 0) is 22.4 Å². The first kappa shape index (κ1) is 23.2. The molecule has 5 radical (unpaired) electrons. The summed E-state index contributed by atoms with van der Waals surface area (Å²) in [6, 6.07) is 0. The van der Waals surface area contributed by atoms with E-state index in [2.05, 4.69) is 12.7 Å². The molecule has 0 bridgehead atoms. The molecule has 0 amide bonds. The molecule has 0 fully saturated rings. The standard InChI is InChI=1S/Ag.Pb.Sb.H2Se.Sn.6H/h;;;1H2;;;;;;;/q;;+1;;;;;;;;/p-1. The molecular weight excluding hydrogens is 634 g/mol. The van der Waals surface area contributed by atoms with Gasteiger partial charge in [-0.1, -0.05) is 0 Å². The first-order valence-corrected chi connectivity index (χ1v) is 9.00. The second-order valence-electron chi connectivity index (χ2n) is 0. The van der Waals surface area contributed by atoms with E-state index in [9.17, 15) is 0 Å². The number of rotatable bonds is 0. The third-order valence-electron chi connectivity index (χ3n) is 0. The van der Waals surface area contributed by atoms with Gasteiger partial charge in [0.1, 0.15) is 0 Å². The van der Waals surface area contributed by atoms with Gasteiger partial charge < -0.3 is 0 Å². The van der Waals surface area contributed by atoms with Gasteiger partial charge in [-0.15, -0.1) is 0 Å². The Labute approximate surface area is 104 Å². The number of hydrogen-bond donors (Lipinski definition) is 0. The molecule has 0 N–H and O–H groups in total. The zero-order valence-corrected chi connectivity index (χ0v) is 18.9. The molecule has 0 saturated carbocycles. The van der Waals surface area contributed by atoms with E-state index in [4.69, 9.17) is 0 Å². The van der Waals surface area contributed by atoms with Crippen molar-refractivity contribution in [2.45, 2.75) is 0 Å². The minimum atomic E-state index is 0. The van der Waals surface area contributed by atoms with Crippen molar-refractivity contribution in [3.05, 3.63) is 0 Å². The van der Waals surface area contributed by atoms with Crippen LogP contribution in [-0.4, -0.2) is 84.6 Å². The summed E-state index contributed by atoms with van der Waals surface area (Å²) in [5.74, 6) is 0. The van der Waals surface area contributed by atoms with Crippen LogP contribution in [0.3, 0.4) is 0 Å². The summed E-state index contributed by atoms with van der Waals surface area (Å²) in [6.45, 7) is 0. The van der Waals surface area contributed by atoms with Gasteiger partial charge >= 0.3 is 84.6 Å². The first-order valence-electron chi connectivity index (χ1n) is 0.258. The fourth-order valence-electron chi connectivity index (χ4n) is 0. The molecule has 0 saturated heterocycles. The van der Waals surface area contributed by atoms with Gasteiger partial charge in [-0.25, -0.2) is 0 Å². The average molecular weight is 642 g/mol. The Morgan fingerprint density at radius 3 is 1.20 bits per heavy atom. The quantitative estimate of drug-likeness (QED) is 0.243. The van der Waals surface area contributed by atoms with Crippen LogP contribution in [0.2, 0.25) is 0 Å². The van der Waals surface area contributed by atoms with Crippen molar-refractivity contribution in [1.82, 2.24) is 0 Å². The molecule has 0 nitrogen and oxygen atoms in total. The van der Waals surface area contributed by atoms with Crippen LogP contribution in [0.15, 0.2) is 0 Å². The minimum absolute atomic E-state index is 0. The van der Waals surface area contributed by atoms with Crippen molar-refractivity contribution in [1.29, 1.82) is 0 Å². The van der Waals surface area contributed by atoms with Crippen molar-refractivity contribution < 1.29 is 22.4 Å². The molecule has 0 aliphatic heterocycles. The average Bonchev–Trinajstić information content (AvgIpc) is 1.00. The maximum absolute atomic E-state index is 2.44. The van der Waals surface area contributed by atoms with Crippen LogP contribution in [0.25, 0.3) is 0 Å². The predicted octanol–water partition coefficient (Wildman–Crippen LogP) is -3.40. The van der Waals surface area contributed by atoms with Crippen LogP contribution < -0.4 is 0 Å². The van der Waals surface area contributed by atoms with Crippen molar-refractivity contribution in [3.8, 4) is 0 Å². The molecule has 5 heavy (non-hydrogen) atoms. The summed E-state index contributed by atoms with van der Waals surface area (Å²) in [5.41, 5.74) is 0. The van der Waals surface area contributed by atoms with Crippen LogP contribution in [0.5, 0.6) is 0 Å². The van der Waals surface area contributed by atoms with Crippen LogP contribution in [0.1, 0.15) is 0 Å². The van der Waals surface area contributed by atoms with Gasteiger partial charge in [0.2, 0.25) is 0 Å². The second-order valence-corrected chi connectivity index (χ2v) is 0. The summed E-state index contributed by atoms with van der Waals surface area (Å²) in [5, 5.41) is 0. The van der Waals surface area contributed by atoms with Crippen LogP contribution >= 0.6 is 0 Å². The molecule has 5 heteroatoms. The van der Waals surface area contributed by atoms with Gasteiger partial charge in [0.25, 0.3) is 0 Å². The molecule has 37 valence electrons. The normalized spacial score (nSPS) is 1.20. The summed E-state index contributed by atoms with van der Waals surface area (Å²) in [4.78, 5) is 0. The van der Waals surface area contributed by atoms with E-state index in [1.165, 1.54) is 20.7 Å². The van der Waals surface area contributed by atoms with Gasteiger partial charge in [-0.05, 0) is 0 Å². The summed E-state index contributed by atoms with van der Waals surface area (Å²) in [7, 11) is 0. The van der Waals surface area contributed by atoms with Crippen molar-refractivity contribution in [2.75, 3.05) is 0 Å². The Morgan fingerprint density at radius 2 is 1.20 bits per heavy atom. The Hall–Kier alpha value is 3.80. The van der Waals surface area contributed by atoms with Crippen molar-refractivity contribution in [3.63, 3.8) is 0 Å². The third kappa shape index (κ3) is 18.2. The summed E-state index contributed by atoms with van der Waals surface area (Å²) >= 11 is 3.73. The van der Waals surface area contributed by atoms with Crippen molar-refractivity contribution in [2.24, 2.45) is 0 Å². The monoisotopic (exact) mass is 643 g/mol. The van der Waals surface area contributed by atoms with E-state index in [0.29, 0.717) is 0 Å². The number of hydrogen-bond acceptors (Lipinski definition) is 0. The van der Waals surface area contributed by atoms with Gasteiger partial charge in [0.15, 0.2) is 0 Å². The summed E-state index contributed by atoms with van der Waals surface area (Å²) in [6.07, 6.45) is 0. The molecule has 0 aromatic heterocycles. The van der Waals surface area contributed by atoms with E-state index in [1.807, 2.05) is 0 Å². The Kier molecular flexibility index (Phi) is 116. The zero-order valence-electron chi connectivity index (χ0n) is 2.74. The van der Waals surface area contributed by atoms with Gasteiger partial charge in [-0.2, -0.15) is 0 Å². The molecule has 0 spiro atoms. The fourth-order valence-corrected chi connectivity index (χ4v) is 0. The maximum atomic E-state index is 2.44. The molecule has 0 unspecified atom stereocenters. The SMILES string of the molecule is [Ag].[PbH2].[SeH][SbH2].[SnH2]. The van der Waals surface area contributed by atoms with Gasteiger partial charge in [0, 0.05) is 22.4 Å². The first-order chi connectivity index (χ1) is 1.00. The Bertz CT molecular complexity index is 11.6. The van der Waals surface area contributed by atoms with E-state index >= 15 is 0 Å². The topological polar surface area (TPSA) is 0 Å². The van der Waals surface area contributed by atoms with Gasteiger partial charge in [0.05, 0.1) is 0 Å². The predicted molar refractivity (Wildman–Crippen MR) is 32.8 cm³/mol. The Balaban J connectivity index is -0.00000000167. The van der Waals surface area contributed by atoms with E-state index < -0.39 is 0 Å². The molecular formula is H7AgPbSbSeSn. The molecule has 0 aromatic carbocycles. The molecule has 0 heterocycles. The van der Waals surface area contributed by atoms with Crippen molar-refractivity contribution >= 4 is 84.6 Å². The molecule has 0 rings (SSSR count). The molecule has 0 atom stereocenters.